The van der Waals surface area contributed by atoms with Crippen molar-refractivity contribution in [2.75, 3.05) is 13.1 Å². The number of nitrogens with zero attached hydrogens (tertiary/aromatic N) is 1. The summed E-state index contributed by atoms with van der Waals surface area (Å²) in [5, 5.41) is 14.3. The normalized spacial score (nSPS) is 15.1. The Morgan fingerprint density at radius 3 is 2.46 bits per heavy atom. The molecule has 1 fully saturated rings. The minimum absolute atomic E-state index is 0.0469. The van der Waals surface area contributed by atoms with Gasteiger partial charge in [0.25, 0.3) is 0 Å². The highest BCUT2D eigenvalue weighted by atomic mass is 32.1. The fourth-order valence-electron chi connectivity index (χ4n) is 6.45. The number of hydrogen-bond donors (Lipinski definition) is 5. The number of para-hydroxylation sites is 1. The molecule has 46 heavy (non-hydrogen) atoms. The van der Waals surface area contributed by atoms with E-state index >= 15 is 0 Å². The molecule has 0 radical (unpaired) electrons. The van der Waals surface area contributed by atoms with Gasteiger partial charge in [0.05, 0.1) is 11.7 Å². The number of rotatable bonds is 11. The number of fused-ring (bicyclic) bond motifs is 2. The number of aryl methyl sites for hydroxylation is 1. The molecule has 2 amide bonds. The first-order valence-corrected chi connectivity index (χ1v) is 16.9. The molecule has 1 aliphatic heterocycles. The van der Waals surface area contributed by atoms with Gasteiger partial charge in [-0.05, 0) is 72.8 Å². The maximum Gasteiger partial charge on any atom is 0.243 e. The standard InChI is InChI=1S/C37H38N6O2S/c44-36(25-16-18-38-19-17-25)42-31(15-14-26-23-46-34-13-7-5-11-29(26)34)37(45)43-32(20-27-21-39-30-12-6-4-10-28(27)30)35-40-22-33(41-35)24-8-2-1-3-9-24/h1-13,21-23,25,31-32,38-39H,14-20H2,(H,40,41)(H,42,44)(H,43,45)/t31-,32-/m1/s1. The number of nitrogens with one attached hydrogen (secondary N) is 5. The number of piperidine rings is 1. The van der Waals surface area contributed by atoms with E-state index in [1.54, 1.807) is 11.3 Å². The van der Waals surface area contributed by atoms with Gasteiger partial charge in [0.1, 0.15) is 11.9 Å². The van der Waals surface area contributed by atoms with Gasteiger partial charge in [0.2, 0.25) is 11.8 Å². The molecule has 1 aliphatic rings. The summed E-state index contributed by atoms with van der Waals surface area (Å²) in [5.74, 6) is 0.322. The zero-order valence-corrected chi connectivity index (χ0v) is 26.4. The van der Waals surface area contributed by atoms with Gasteiger partial charge in [-0.1, -0.05) is 66.7 Å². The van der Waals surface area contributed by atoms with E-state index in [1.165, 1.54) is 15.6 Å². The Labute approximate surface area is 272 Å². The van der Waals surface area contributed by atoms with Gasteiger partial charge in [-0.15, -0.1) is 11.3 Å². The second-order valence-electron chi connectivity index (χ2n) is 12.0. The Balaban J connectivity index is 1.16. The van der Waals surface area contributed by atoms with Crippen molar-refractivity contribution in [1.29, 1.82) is 0 Å². The minimum atomic E-state index is -0.685. The maximum atomic E-state index is 14.3. The number of hydrogen-bond acceptors (Lipinski definition) is 5. The lowest BCUT2D eigenvalue weighted by atomic mass is 9.96. The molecule has 0 unspecified atom stereocenters. The fourth-order valence-corrected chi connectivity index (χ4v) is 7.45. The highest BCUT2D eigenvalue weighted by Gasteiger charge is 2.29. The van der Waals surface area contributed by atoms with Crippen LogP contribution in [0.3, 0.4) is 0 Å². The maximum absolute atomic E-state index is 14.3. The van der Waals surface area contributed by atoms with Crippen molar-refractivity contribution in [3.8, 4) is 11.3 Å². The van der Waals surface area contributed by atoms with E-state index in [2.05, 4.69) is 49.5 Å². The van der Waals surface area contributed by atoms with Crippen molar-refractivity contribution < 1.29 is 9.59 Å². The molecular weight excluding hydrogens is 593 g/mol. The Hall–Kier alpha value is -4.73. The molecule has 2 atom stereocenters. The van der Waals surface area contributed by atoms with Crippen molar-refractivity contribution in [2.45, 2.75) is 44.2 Å². The van der Waals surface area contributed by atoms with Crippen LogP contribution in [0.2, 0.25) is 0 Å². The lowest BCUT2D eigenvalue weighted by Crippen LogP contribution is -2.50. The molecule has 4 heterocycles. The molecule has 3 aromatic carbocycles. The van der Waals surface area contributed by atoms with E-state index in [0.29, 0.717) is 25.1 Å². The Morgan fingerprint density at radius 2 is 1.61 bits per heavy atom. The van der Waals surface area contributed by atoms with Gasteiger partial charge >= 0.3 is 0 Å². The molecule has 0 saturated carbocycles. The van der Waals surface area contributed by atoms with Crippen LogP contribution in [0.1, 0.15) is 42.3 Å². The SMILES string of the molecule is O=C(N[C@H](CCc1csc2ccccc12)C(=O)N[C@H](Cc1c[nH]c2ccccc12)c1nc(-c2ccccc2)c[nH]1)C1CCNCC1. The van der Waals surface area contributed by atoms with Gasteiger partial charge < -0.3 is 25.9 Å². The minimum Gasteiger partial charge on any atom is -0.361 e. The monoisotopic (exact) mass is 630 g/mol. The highest BCUT2D eigenvalue weighted by molar-refractivity contribution is 7.17. The van der Waals surface area contributed by atoms with Crippen molar-refractivity contribution in [2.24, 2.45) is 5.92 Å². The van der Waals surface area contributed by atoms with E-state index in [4.69, 9.17) is 4.98 Å². The number of imidazole rings is 1. The molecule has 0 aliphatic carbocycles. The van der Waals surface area contributed by atoms with Crippen LogP contribution < -0.4 is 16.0 Å². The molecule has 3 aromatic heterocycles. The third-order valence-corrected chi connectivity index (χ3v) is 10.0. The largest absolute Gasteiger partial charge is 0.361 e. The molecule has 8 nitrogen and oxygen atoms in total. The Morgan fingerprint density at radius 1 is 0.848 bits per heavy atom. The molecule has 0 bridgehead atoms. The van der Waals surface area contributed by atoms with Gasteiger partial charge in [-0.25, -0.2) is 4.98 Å². The van der Waals surface area contributed by atoms with Crippen LogP contribution >= 0.6 is 11.3 Å². The van der Waals surface area contributed by atoms with Gasteiger partial charge in [0.15, 0.2) is 0 Å². The number of H-pyrrole nitrogens is 2. The topological polar surface area (TPSA) is 115 Å². The van der Waals surface area contributed by atoms with Crippen LogP contribution in [0, 0.1) is 5.92 Å². The zero-order valence-electron chi connectivity index (χ0n) is 25.6. The molecule has 9 heteroatoms. The van der Waals surface area contributed by atoms with Crippen LogP contribution in [0.25, 0.3) is 32.2 Å². The molecule has 234 valence electrons. The van der Waals surface area contributed by atoms with E-state index in [9.17, 15) is 9.59 Å². The number of aromatic amines is 2. The first kappa shape index (κ1) is 30.0. The van der Waals surface area contributed by atoms with Crippen LogP contribution in [-0.2, 0) is 22.4 Å². The molecule has 1 saturated heterocycles. The summed E-state index contributed by atoms with van der Waals surface area (Å²) in [4.78, 5) is 39.4. The van der Waals surface area contributed by atoms with E-state index < -0.39 is 12.1 Å². The summed E-state index contributed by atoms with van der Waals surface area (Å²) >= 11 is 1.71. The molecule has 6 aromatic rings. The smallest absolute Gasteiger partial charge is 0.243 e. The average molecular weight is 631 g/mol. The molecule has 7 rings (SSSR count). The number of aromatic nitrogens is 3. The summed E-state index contributed by atoms with van der Waals surface area (Å²) in [6.45, 7) is 1.62. The molecule has 5 N–H and O–H groups in total. The predicted molar refractivity (Wildman–Crippen MR) is 185 cm³/mol. The van der Waals surface area contributed by atoms with Crippen molar-refractivity contribution >= 4 is 44.1 Å². The Bertz CT molecular complexity index is 1940. The van der Waals surface area contributed by atoms with Crippen LogP contribution in [-0.4, -0.2) is 45.9 Å². The lowest BCUT2D eigenvalue weighted by molar-refractivity contribution is -0.132. The summed E-state index contributed by atoms with van der Waals surface area (Å²) in [6, 6.07) is 25.4. The average Bonchev–Trinajstić information content (AvgIpc) is 3.86. The number of thiophene rings is 1. The molecular formula is C37H38N6O2S. The number of carbonyl (C=O) groups excluding carboxylic acids is 2. The van der Waals surface area contributed by atoms with Crippen molar-refractivity contribution in [3.63, 3.8) is 0 Å². The van der Waals surface area contributed by atoms with E-state index in [-0.39, 0.29) is 17.7 Å². The number of benzene rings is 3. The van der Waals surface area contributed by atoms with Gasteiger partial charge in [0, 0.05) is 45.9 Å². The summed E-state index contributed by atoms with van der Waals surface area (Å²) in [7, 11) is 0. The van der Waals surface area contributed by atoms with Crippen LogP contribution in [0.15, 0.2) is 96.6 Å². The third-order valence-electron chi connectivity index (χ3n) is 9.02. The number of amides is 2. The predicted octanol–water partition coefficient (Wildman–Crippen LogP) is 6.29. The summed E-state index contributed by atoms with van der Waals surface area (Å²) < 4.78 is 1.23. The second-order valence-corrected chi connectivity index (χ2v) is 13.0. The van der Waals surface area contributed by atoms with Crippen LogP contribution in [0.5, 0.6) is 0 Å². The quantitative estimate of drug-likeness (QED) is 0.116. The van der Waals surface area contributed by atoms with Gasteiger partial charge in [-0.2, -0.15) is 0 Å². The van der Waals surface area contributed by atoms with E-state index in [1.807, 2.05) is 73.1 Å². The Kier molecular flexibility index (Phi) is 8.94. The third kappa shape index (κ3) is 6.61. The van der Waals surface area contributed by atoms with Gasteiger partial charge in [-0.3, -0.25) is 9.59 Å². The first-order valence-electron chi connectivity index (χ1n) is 16.0. The zero-order chi connectivity index (χ0) is 31.3. The summed E-state index contributed by atoms with van der Waals surface area (Å²) in [5.41, 5.74) is 5.13. The van der Waals surface area contributed by atoms with Crippen molar-refractivity contribution in [1.82, 2.24) is 30.9 Å². The van der Waals surface area contributed by atoms with Crippen LogP contribution in [0.4, 0.5) is 0 Å². The second kappa shape index (κ2) is 13.7. The number of carbonyl (C=O) groups is 2. The lowest BCUT2D eigenvalue weighted by Gasteiger charge is -2.26. The first-order chi connectivity index (χ1) is 22.6. The highest BCUT2D eigenvalue weighted by Crippen LogP contribution is 2.28. The van der Waals surface area contributed by atoms with E-state index in [0.717, 1.165) is 53.7 Å². The molecule has 0 spiro atoms. The van der Waals surface area contributed by atoms with Crippen molar-refractivity contribution in [3.05, 3.63) is 114 Å². The summed E-state index contributed by atoms with van der Waals surface area (Å²) in [6.07, 6.45) is 7.14. The fraction of sp³-hybridized carbons (Fsp3) is 0.270.